The van der Waals surface area contributed by atoms with Gasteiger partial charge in [0.05, 0.1) is 19.9 Å². The maximum atomic E-state index is 5.62. The van der Waals surface area contributed by atoms with Gasteiger partial charge in [0, 0.05) is 17.8 Å². The molecule has 0 aliphatic rings. The standard InChI is InChI=1S/C13H13N5O2/c1-19-8-3-4-9(11(7-8)20-2)10-5-6-15-13-16-12(14)17-18(10)13/h3-7H,1-2H3,(H2,14,17). The molecule has 2 heterocycles. The lowest BCUT2D eigenvalue weighted by molar-refractivity contribution is 0.395. The van der Waals surface area contributed by atoms with Crippen LogP contribution in [0.2, 0.25) is 0 Å². The summed E-state index contributed by atoms with van der Waals surface area (Å²) in [6.45, 7) is 0. The zero-order valence-corrected chi connectivity index (χ0v) is 11.1. The monoisotopic (exact) mass is 271 g/mol. The lowest BCUT2D eigenvalue weighted by atomic mass is 10.1. The van der Waals surface area contributed by atoms with Crippen molar-refractivity contribution >= 4 is 11.7 Å². The number of nitrogen functional groups attached to an aromatic ring is 1. The molecule has 0 amide bonds. The average Bonchev–Trinajstić information content (AvgIpc) is 2.86. The number of nitrogens with two attached hydrogens (primary N) is 1. The number of hydrogen-bond donors (Lipinski definition) is 1. The van der Waals surface area contributed by atoms with Crippen molar-refractivity contribution in [1.82, 2.24) is 19.6 Å². The highest BCUT2D eigenvalue weighted by Gasteiger charge is 2.13. The van der Waals surface area contributed by atoms with Crippen molar-refractivity contribution in [2.24, 2.45) is 0 Å². The molecule has 2 N–H and O–H groups in total. The molecule has 0 bridgehead atoms. The predicted octanol–water partition coefficient (Wildman–Crippen LogP) is 1.39. The Hall–Kier alpha value is -2.83. The van der Waals surface area contributed by atoms with Crippen molar-refractivity contribution in [1.29, 1.82) is 0 Å². The maximum Gasteiger partial charge on any atom is 0.254 e. The van der Waals surface area contributed by atoms with Gasteiger partial charge < -0.3 is 15.2 Å². The van der Waals surface area contributed by atoms with Crippen molar-refractivity contribution in [3.05, 3.63) is 30.5 Å². The topological polar surface area (TPSA) is 87.6 Å². The number of benzene rings is 1. The van der Waals surface area contributed by atoms with Gasteiger partial charge in [0.25, 0.3) is 5.78 Å². The molecule has 0 saturated carbocycles. The van der Waals surface area contributed by atoms with Crippen LogP contribution in [0, 0.1) is 0 Å². The normalized spacial score (nSPS) is 10.7. The minimum absolute atomic E-state index is 0.178. The van der Waals surface area contributed by atoms with Crippen molar-refractivity contribution < 1.29 is 9.47 Å². The molecule has 0 spiro atoms. The lowest BCUT2D eigenvalue weighted by Gasteiger charge is -2.11. The average molecular weight is 271 g/mol. The summed E-state index contributed by atoms with van der Waals surface area (Å²) < 4.78 is 12.2. The first-order valence-corrected chi connectivity index (χ1v) is 5.92. The van der Waals surface area contributed by atoms with Crippen LogP contribution in [0.3, 0.4) is 0 Å². The van der Waals surface area contributed by atoms with Crippen LogP contribution in [0.1, 0.15) is 0 Å². The zero-order chi connectivity index (χ0) is 14.1. The Labute approximate surface area is 115 Å². The second kappa shape index (κ2) is 4.69. The van der Waals surface area contributed by atoms with Crippen LogP contribution in [0.25, 0.3) is 17.0 Å². The fourth-order valence-electron chi connectivity index (χ4n) is 2.02. The summed E-state index contributed by atoms with van der Waals surface area (Å²) in [5, 5.41) is 4.14. The summed E-state index contributed by atoms with van der Waals surface area (Å²) in [4.78, 5) is 8.16. The summed E-state index contributed by atoms with van der Waals surface area (Å²) in [6.07, 6.45) is 1.66. The van der Waals surface area contributed by atoms with Gasteiger partial charge >= 0.3 is 0 Å². The van der Waals surface area contributed by atoms with E-state index in [0.717, 1.165) is 11.3 Å². The molecule has 20 heavy (non-hydrogen) atoms. The van der Waals surface area contributed by atoms with Gasteiger partial charge in [0.15, 0.2) is 0 Å². The summed E-state index contributed by atoms with van der Waals surface area (Å²) in [5.74, 6) is 2.01. The SMILES string of the molecule is COc1ccc(-c2ccnc3nc(N)nn23)c(OC)c1. The van der Waals surface area contributed by atoms with E-state index in [-0.39, 0.29) is 5.95 Å². The zero-order valence-electron chi connectivity index (χ0n) is 11.1. The number of fused-ring (bicyclic) bond motifs is 1. The van der Waals surface area contributed by atoms with E-state index in [0.29, 0.717) is 17.3 Å². The third-order valence-electron chi connectivity index (χ3n) is 2.94. The Morgan fingerprint density at radius 1 is 1.15 bits per heavy atom. The van der Waals surface area contributed by atoms with E-state index < -0.39 is 0 Å². The summed E-state index contributed by atoms with van der Waals surface area (Å²) in [7, 11) is 3.21. The first-order valence-electron chi connectivity index (χ1n) is 5.92. The van der Waals surface area contributed by atoms with Crippen molar-refractivity contribution in [3.8, 4) is 22.8 Å². The van der Waals surface area contributed by atoms with Gasteiger partial charge in [-0.15, -0.1) is 5.10 Å². The van der Waals surface area contributed by atoms with Gasteiger partial charge in [-0.3, -0.25) is 0 Å². The van der Waals surface area contributed by atoms with Crippen LogP contribution in [0.4, 0.5) is 5.95 Å². The summed E-state index contributed by atoms with van der Waals surface area (Å²) in [5.41, 5.74) is 7.26. The first kappa shape index (κ1) is 12.2. The van der Waals surface area contributed by atoms with E-state index in [2.05, 4.69) is 15.1 Å². The van der Waals surface area contributed by atoms with Gasteiger partial charge in [-0.25, -0.2) is 4.98 Å². The summed E-state index contributed by atoms with van der Waals surface area (Å²) >= 11 is 0. The lowest BCUT2D eigenvalue weighted by Crippen LogP contribution is -1.98. The molecule has 1 aromatic carbocycles. The highest BCUT2D eigenvalue weighted by molar-refractivity contribution is 5.70. The molecule has 0 aliphatic carbocycles. The van der Waals surface area contributed by atoms with Crippen LogP contribution in [-0.2, 0) is 0 Å². The predicted molar refractivity (Wildman–Crippen MR) is 73.7 cm³/mol. The van der Waals surface area contributed by atoms with E-state index >= 15 is 0 Å². The number of rotatable bonds is 3. The molecule has 102 valence electrons. The van der Waals surface area contributed by atoms with Crippen LogP contribution in [0.15, 0.2) is 30.5 Å². The van der Waals surface area contributed by atoms with Crippen molar-refractivity contribution in [3.63, 3.8) is 0 Å². The van der Waals surface area contributed by atoms with Crippen LogP contribution in [0.5, 0.6) is 11.5 Å². The number of aromatic nitrogens is 4. The Kier molecular flexibility index (Phi) is 2.86. The third kappa shape index (κ3) is 1.89. The quantitative estimate of drug-likeness (QED) is 0.774. The van der Waals surface area contributed by atoms with Gasteiger partial charge in [-0.1, -0.05) is 0 Å². The van der Waals surface area contributed by atoms with E-state index in [1.807, 2.05) is 24.3 Å². The molecule has 7 nitrogen and oxygen atoms in total. The van der Waals surface area contributed by atoms with Gasteiger partial charge in [-0.05, 0) is 18.2 Å². The van der Waals surface area contributed by atoms with E-state index in [1.165, 1.54) is 0 Å². The Morgan fingerprint density at radius 3 is 2.75 bits per heavy atom. The molecule has 0 radical (unpaired) electrons. The molecular weight excluding hydrogens is 258 g/mol. The molecule has 0 saturated heterocycles. The highest BCUT2D eigenvalue weighted by Crippen LogP contribution is 2.32. The number of ether oxygens (including phenoxy) is 2. The third-order valence-corrected chi connectivity index (χ3v) is 2.94. The molecule has 3 aromatic rings. The largest absolute Gasteiger partial charge is 0.497 e. The van der Waals surface area contributed by atoms with Crippen molar-refractivity contribution in [2.75, 3.05) is 20.0 Å². The summed E-state index contributed by atoms with van der Waals surface area (Å²) in [6, 6.07) is 7.38. The van der Waals surface area contributed by atoms with E-state index in [4.69, 9.17) is 15.2 Å². The maximum absolute atomic E-state index is 5.62. The smallest absolute Gasteiger partial charge is 0.254 e. The number of anilines is 1. The molecular formula is C13H13N5O2. The molecule has 0 atom stereocenters. The Bertz CT molecular complexity index is 769. The number of methoxy groups -OCH3 is 2. The van der Waals surface area contributed by atoms with Crippen LogP contribution in [-0.4, -0.2) is 33.8 Å². The first-order chi connectivity index (χ1) is 9.72. The second-order valence-electron chi connectivity index (χ2n) is 4.08. The fraction of sp³-hybridized carbons (Fsp3) is 0.154. The Morgan fingerprint density at radius 2 is 2.00 bits per heavy atom. The van der Waals surface area contributed by atoms with Crippen LogP contribution < -0.4 is 15.2 Å². The minimum atomic E-state index is 0.178. The van der Waals surface area contributed by atoms with Crippen LogP contribution >= 0.6 is 0 Å². The van der Waals surface area contributed by atoms with Gasteiger partial charge in [-0.2, -0.15) is 9.50 Å². The van der Waals surface area contributed by atoms with E-state index in [1.54, 1.807) is 24.9 Å². The van der Waals surface area contributed by atoms with E-state index in [9.17, 15) is 0 Å². The van der Waals surface area contributed by atoms with Crippen molar-refractivity contribution in [2.45, 2.75) is 0 Å². The Balaban J connectivity index is 2.25. The number of nitrogens with zero attached hydrogens (tertiary/aromatic N) is 4. The highest BCUT2D eigenvalue weighted by atomic mass is 16.5. The van der Waals surface area contributed by atoms with Gasteiger partial charge in [0.1, 0.15) is 11.5 Å². The van der Waals surface area contributed by atoms with Gasteiger partial charge in [0.2, 0.25) is 5.95 Å². The minimum Gasteiger partial charge on any atom is -0.497 e. The number of hydrogen-bond acceptors (Lipinski definition) is 6. The molecule has 3 rings (SSSR count). The molecule has 0 aliphatic heterocycles. The fourth-order valence-corrected chi connectivity index (χ4v) is 2.02. The molecule has 0 unspecified atom stereocenters. The second-order valence-corrected chi connectivity index (χ2v) is 4.08. The molecule has 0 fully saturated rings. The molecule has 7 heteroatoms. The molecule has 2 aromatic heterocycles.